The normalized spacial score (nSPS) is 51.0. The molecule has 122 valence electrons. The van der Waals surface area contributed by atoms with Crippen LogP contribution in [0.3, 0.4) is 0 Å². The van der Waals surface area contributed by atoms with E-state index >= 15 is 0 Å². The molecule has 0 radical (unpaired) electrons. The first kappa shape index (κ1) is 14.7. The van der Waals surface area contributed by atoms with Crippen molar-refractivity contribution in [1.29, 1.82) is 0 Å². The molecule has 3 aliphatic carbocycles. The Morgan fingerprint density at radius 2 is 2.00 bits per heavy atom. The van der Waals surface area contributed by atoms with E-state index in [1.165, 1.54) is 12.0 Å². The Hall–Kier alpha value is -0.830. The number of rotatable bonds is 0. The van der Waals surface area contributed by atoms with E-state index in [9.17, 15) is 9.90 Å². The third-order valence-corrected chi connectivity index (χ3v) is 7.57. The maximum atomic E-state index is 11.9. The van der Waals surface area contributed by atoms with Gasteiger partial charge in [-0.3, -0.25) is 4.79 Å². The highest BCUT2D eigenvalue weighted by Gasteiger charge is 2.55. The number of allylic oxidation sites excluding steroid dienone is 1. The SMILES string of the molecule is C[C@@]12CC[C@H]3[C@@H](CC=C4C[C@H](O)CC[C@@]43C)[C@H]1CCC(=O)N2. The van der Waals surface area contributed by atoms with Crippen molar-refractivity contribution in [2.75, 3.05) is 0 Å². The number of fused-ring (bicyclic) bond motifs is 5. The van der Waals surface area contributed by atoms with E-state index in [0.717, 1.165) is 44.4 Å². The minimum Gasteiger partial charge on any atom is -0.393 e. The first-order chi connectivity index (χ1) is 10.4. The second-order valence-corrected chi connectivity index (χ2v) is 8.70. The van der Waals surface area contributed by atoms with Crippen molar-refractivity contribution in [2.24, 2.45) is 23.2 Å². The molecule has 0 spiro atoms. The summed E-state index contributed by atoms with van der Waals surface area (Å²) in [6.07, 6.45) is 10.6. The summed E-state index contributed by atoms with van der Waals surface area (Å²) in [5.74, 6) is 2.33. The Balaban J connectivity index is 1.66. The zero-order chi connectivity index (χ0) is 15.5. The lowest BCUT2D eigenvalue weighted by Gasteiger charge is -2.59. The number of piperidine rings is 1. The van der Waals surface area contributed by atoms with Crippen LogP contribution in [-0.2, 0) is 4.79 Å². The molecule has 3 fully saturated rings. The van der Waals surface area contributed by atoms with Crippen LogP contribution in [0.1, 0.15) is 65.2 Å². The topological polar surface area (TPSA) is 49.3 Å². The van der Waals surface area contributed by atoms with Gasteiger partial charge in [-0.1, -0.05) is 18.6 Å². The molecule has 0 aromatic carbocycles. The zero-order valence-electron chi connectivity index (χ0n) is 13.9. The second kappa shape index (κ2) is 4.83. The third-order valence-electron chi connectivity index (χ3n) is 7.57. The van der Waals surface area contributed by atoms with Gasteiger partial charge < -0.3 is 10.4 Å². The molecular weight excluding hydrogens is 274 g/mol. The Morgan fingerprint density at radius 1 is 1.18 bits per heavy atom. The maximum absolute atomic E-state index is 11.9. The van der Waals surface area contributed by atoms with Gasteiger partial charge >= 0.3 is 0 Å². The number of amides is 1. The van der Waals surface area contributed by atoms with E-state index in [1.54, 1.807) is 0 Å². The molecule has 2 N–H and O–H groups in total. The Kier molecular flexibility index (Phi) is 3.24. The molecule has 2 saturated carbocycles. The number of aliphatic hydroxyl groups is 1. The first-order valence-corrected chi connectivity index (χ1v) is 9.11. The molecule has 0 aromatic rings. The van der Waals surface area contributed by atoms with Gasteiger partial charge in [-0.2, -0.15) is 0 Å². The molecule has 3 nitrogen and oxygen atoms in total. The highest BCUT2D eigenvalue weighted by Crippen LogP contribution is 2.60. The highest BCUT2D eigenvalue weighted by atomic mass is 16.3. The van der Waals surface area contributed by atoms with Gasteiger partial charge in [0, 0.05) is 12.0 Å². The first-order valence-electron chi connectivity index (χ1n) is 9.11. The summed E-state index contributed by atoms with van der Waals surface area (Å²) >= 11 is 0. The van der Waals surface area contributed by atoms with Crippen LogP contribution in [0.2, 0.25) is 0 Å². The van der Waals surface area contributed by atoms with E-state index in [2.05, 4.69) is 25.2 Å². The van der Waals surface area contributed by atoms with Crippen molar-refractivity contribution >= 4 is 5.91 Å². The van der Waals surface area contributed by atoms with Crippen LogP contribution < -0.4 is 5.32 Å². The molecule has 4 rings (SSSR count). The zero-order valence-corrected chi connectivity index (χ0v) is 13.9. The minimum absolute atomic E-state index is 0.0202. The lowest BCUT2D eigenvalue weighted by Crippen LogP contribution is -2.62. The third kappa shape index (κ3) is 2.01. The largest absolute Gasteiger partial charge is 0.393 e. The molecule has 1 saturated heterocycles. The predicted octanol–water partition coefficient (Wildman–Crippen LogP) is 3.18. The maximum Gasteiger partial charge on any atom is 0.220 e. The summed E-state index contributed by atoms with van der Waals surface area (Å²) in [4.78, 5) is 11.9. The van der Waals surface area contributed by atoms with Crippen LogP contribution in [0, 0.1) is 23.2 Å². The molecule has 0 unspecified atom stereocenters. The Morgan fingerprint density at radius 3 is 2.82 bits per heavy atom. The summed E-state index contributed by atoms with van der Waals surface area (Å²) < 4.78 is 0. The van der Waals surface area contributed by atoms with Crippen molar-refractivity contribution in [3.8, 4) is 0 Å². The molecule has 4 aliphatic rings. The van der Waals surface area contributed by atoms with Gasteiger partial charge in [0.1, 0.15) is 0 Å². The van der Waals surface area contributed by atoms with Crippen LogP contribution in [0.25, 0.3) is 0 Å². The van der Waals surface area contributed by atoms with Crippen molar-refractivity contribution < 1.29 is 9.90 Å². The van der Waals surface area contributed by atoms with Gasteiger partial charge in [-0.25, -0.2) is 0 Å². The van der Waals surface area contributed by atoms with Crippen molar-refractivity contribution in [2.45, 2.75) is 76.9 Å². The van der Waals surface area contributed by atoms with E-state index in [4.69, 9.17) is 0 Å². The summed E-state index contributed by atoms with van der Waals surface area (Å²) in [6, 6.07) is 0. The molecule has 22 heavy (non-hydrogen) atoms. The van der Waals surface area contributed by atoms with E-state index in [0.29, 0.717) is 23.7 Å². The van der Waals surface area contributed by atoms with Crippen molar-refractivity contribution in [3.05, 3.63) is 11.6 Å². The minimum atomic E-state index is -0.126. The van der Waals surface area contributed by atoms with Gasteiger partial charge in [0.15, 0.2) is 0 Å². The number of carbonyl (C=O) groups is 1. The summed E-state index contributed by atoms with van der Waals surface area (Å²) in [6.45, 7) is 4.72. The second-order valence-electron chi connectivity index (χ2n) is 8.70. The molecule has 1 heterocycles. The number of aliphatic hydroxyl groups excluding tert-OH is 1. The van der Waals surface area contributed by atoms with Gasteiger partial charge in [0.2, 0.25) is 5.91 Å². The lowest BCUT2D eigenvalue weighted by atomic mass is 9.48. The molecule has 3 heteroatoms. The van der Waals surface area contributed by atoms with Gasteiger partial charge in [-0.05, 0) is 75.0 Å². The fraction of sp³-hybridized carbons (Fsp3) is 0.842. The van der Waals surface area contributed by atoms with Gasteiger partial charge in [0.25, 0.3) is 0 Å². The van der Waals surface area contributed by atoms with Gasteiger partial charge in [0.05, 0.1) is 6.10 Å². The van der Waals surface area contributed by atoms with Crippen molar-refractivity contribution in [1.82, 2.24) is 5.32 Å². The Bertz CT molecular complexity index is 528. The van der Waals surface area contributed by atoms with Crippen LogP contribution in [0.4, 0.5) is 0 Å². The quantitative estimate of drug-likeness (QED) is 0.675. The lowest BCUT2D eigenvalue weighted by molar-refractivity contribution is -0.131. The molecular formula is C19H29NO2. The van der Waals surface area contributed by atoms with Crippen LogP contribution in [0.5, 0.6) is 0 Å². The molecule has 0 bridgehead atoms. The average molecular weight is 303 g/mol. The molecule has 1 amide bonds. The Labute approximate surface area is 133 Å². The molecule has 1 aliphatic heterocycles. The number of hydrogen-bond acceptors (Lipinski definition) is 2. The highest BCUT2D eigenvalue weighted by molar-refractivity contribution is 5.77. The van der Waals surface area contributed by atoms with Crippen LogP contribution >= 0.6 is 0 Å². The monoisotopic (exact) mass is 303 g/mol. The standard InChI is InChI=1S/C19H29NO2/c1-18-9-7-13(21)11-12(18)3-4-14-15(18)8-10-19(2)16(14)5-6-17(22)20-19/h3,13-16,21H,4-11H2,1-2H3,(H,20,22)/t13-,14-,15+,16-,18+,19-/m1/s1. The van der Waals surface area contributed by atoms with E-state index < -0.39 is 0 Å². The fourth-order valence-electron chi connectivity index (χ4n) is 6.32. The summed E-state index contributed by atoms with van der Waals surface area (Å²) in [5, 5.41) is 13.3. The van der Waals surface area contributed by atoms with Crippen LogP contribution in [-0.4, -0.2) is 22.7 Å². The molecule has 0 aromatic heterocycles. The summed E-state index contributed by atoms with van der Waals surface area (Å²) in [5.41, 5.74) is 1.84. The predicted molar refractivity (Wildman–Crippen MR) is 86.2 cm³/mol. The van der Waals surface area contributed by atoms with Crippen molar-refractivity contribution in [3.63, 3.8) is 0 Å². The number of carbonyl (C=O) groups excluding carboxylic acids is 1. The average Bonchev–Trinajstić information content (AvgIpc) is 2.46. The smallest absolute Gasteiger partial charge is 0.220 e. The van der Waals surface area contributed by atoms with Crippen LogP contribution in [0.15, 0.2) is 11.6 Å². The van der Waals surface area contributed by atoms with E-state index in [-0.39, 0.29) is 17.6 Å². The van der Waals surface area contributed by atoms with E-state index in [1.807, 2.05) is 0 Å². The fourth-order valence-corrected chi connectivity index (χ4v) is 6.32. The molecule has 6 atom stereocenters. The van der Waals surface area contributed by atoms with Gasteiger partial charge in [-0.15, -0.1) is 0 Å². The summed E-state index contributed by atoms with van der Waals surface area (Å²) in [7, 11) is 0. The number of hydrogen-bond donors (Lipinski definition) is 2. The number of nitrogens with one attached hydrogen (secondary N) is 1.